The quantitative estimate of drug-likeness (QED) is 0.795. The number of hydrogen-bond acceptors (Lipinski definition) is 3. The van der Waals surface area contributed by atoms with Crippen molar-refractivity contribution >= 4 is 29.7 Å². The van der Waals surface area contributed by atoms with Crippen LogP contribution in [0, 0.1) is 0 Å². The summed E-state index contributed by atoms with van der Waals surface area (Å²) in [4.78, 5) is 17.4. The molecule has 2 aliphatic heterocycles. The standard InChI is InChI=1S/C17H24N2OS.ClH/c20-17(19-9-8-13-6-7-14(11-19)18-13)16-10-12-4-2-1-3-5-15(12)21-16;/h10,13-14,18H,1-9,11H2;1H. The summed E-state index contributed by atoms with van der Waals surface area (Å²) in [5, 5.41) is 3.66. The molecule has 3 heterocycles. The van der Waals surface area contributed by atoms with Crippen LogP contribution in [0.3, 0.4) is 0 Å². The lowest BCUT2D eigenvalue weighted by atomic mass is 10.1. The first kappa shape index (κ1) is 16.3. The van der Waals surface area contributed by atoms with Gasteiger partial charge in [-0.1, -0.05) is 6.42 Å². The van der Waals surface area contributed by atoms with E-state index in [4.69, 9.17) is 0 Å². The van der Waals surface area contributed by atoms with Gasteiger partial charge in [-0.2, -0.15) is 0 Å². The Bertz CT molecular complexity index is 521. The molecule has 3 nitrogen and oxygen atoms in total. The highest BCUT2D eigenvalue weighted by Crippen LogP contribution is 2.30. The van der Waals surface area contributed by atoms with E-state index in [9.17, 15) is 4.79 Å². The zero-order chi connectivity index (χ0) is 14.2. The lowest BCUT2D eigenvalue weighted by Gasteiger charge is -2.23. The Morgan fingerprint density at radius 3 is 2.86 bits per heavy atom. The Kier molecular flexibility index (Phi) is 5.10. The van der Waals surface area contributed by atoms with Crippen molar-refractivity contribution in [2.75, 3.05) is 13.1 Å². The van der Waals surface area contributed by atoms with Gasteiger partial charge in [-0.15, -0.1) is 23.7 Å². The van der Waals surface area contributed by atoms with Gasteiger partial charge in [-0.3, -0.25) is 4.79 Å². The van der Waals surface area contributed by atoms with Gasteiger partial charge in [0.2, 0.25) is 0 Å². The molecule has 0 aromatic carbocycles. The van der Waals surface area contributed by atoms with Gasteiger partial charge in [0.05, 0.1) is 4.88 Å². The summed E-state index contributed by atoms with van der Waals surface area (Å²) in [5.41, 5.74) is 1.45. The van der Waals surface area contributed by atoms with E-state index >= 15 is 0 Å². The molecule has 2 atom stereocenters. The van der Waals surface area contributed by atoms with Crippen molar-refractivity contribution in [2.45, 2.75) is 63.5 Å². The number of halogens is 1. The van der Waals surface area contributed by atoms with Crippen LogP contribution in [-0.4, -0.2) is 36.0 Å². The molecule has 0 spiro atoms. The number of fused-ring (bicyclic) bond motifs is 3. The molecule has 22 heavy (non-hydrogen) atoms. The minimum atomic E-state index is 0. The number of nitrogens with zero attached hydrogens (tertiary/aromatic N) is 1. The SMILES string of the molecule is Cl.O=C(c1cc2c(s1)CCCCC2)N1CCC2CCC(C1)N2. The molecule has 1 aromatic heterocycles. The third-order valence-electron chi connectivity index (χ3n) is 5.27. The maximum atomic E-state index is 12.8. The maximum absolute atomic E-state index is 12.8. The van der Waals surface area contributed by atoms with Crippen LogP contribution < -0.4 is 5.32 Å². The van der Waals surface area contributed by atoms with Crippen LogP contribution in [0.5, 0.6) is 0 Å². The number of aryl methyl sites for hydroxylation is 2. The zero-order valence-corrected chi connectivity index (χ0v) is 14.6. The van der Waals surface area contributed by atoms with Crippen molar-refractivity contribution in [1.29, 1.82) is 0 Å². The number of nitrogens with one attached hydrogen (secondary N) is 1. The van der Waals surface area contributed by atoms with Crippen LogP contribution in [0.2, 0.25) is 0 Å². The molecule has 3 aliphatic rings. The predicted octanol–water partition coefficient (Wildman–Crippen LogP) is 3.41. The smallest absolute Gasteiger partial charge is 0.263 e. The van der Waals surface area contributed by atoms with Crippen molar-refractivity contribution in [3.63, 3.8) is 0 Å². The van der Waals surface area contributed by atoms with Crippen molar-refractivity contribution in [1.82, 2.24) is 10.2 Å². The van der Waals surface area contributed by atoms with Crippen LogP contribution in [0.1, 0.15) is 58.6 Å². The van der Waals surface area contributed by atoms with Crippen LogP contribution in [0.4, 0.5) is 0 Å². The Hall–Kier alpha value is -0.580. The zero-order valence-electron chi connectivity index (χ0n) is 13.0. The average Bonchev–Trinajstić information content (AvgIpc) is 2.95. The molecule has 4 rings (SSSR count). The van der Waals surface area contributed by atoms with Crippen LogP contribution in [-0.2, 0) is 12.8 Å². The lowest BCUT2D eigenvalue weighted by Crippen LogP contribution is -2.38. The number of likely N-dealkylation sites (tertiary alicyclic amines) is 1. The molecule has 1 N–H and O–H groups in total. The Balaban J connectivity index is 0.00000144. The molecule has 0 radical (unpaired) electrons. The second kappa shape index (κ2) is 6.90. The van der Waals surface area contributed by atoms with E-state index in [0.717, 1.165) is 24.4 Å². The van der Waals surface area contributed by atoms with Crippen LogP contribution in [0.25, 0.3) is 0 Å². The van der Waals surface area contributed by atoms with E-state index in [0.29, 0.717) is 12.1 Å². The van der Waals surface area contributed by atoms with Crippen molar-refractivity contribution < 1.29 is 4.79 Å². The molecular weight excluding hydrogens is 316 g/mol. The lowest BCUT2D eigenvalue weighted by molar-refractivity contribution is 0.0753. The van der Waals surface area contributed by atoms with Crippen molar-refractivity contribution in [2.24, 2.45) is 0 Å². The fourth-order valence-corrected chi connectivity index (χ4v) is 5.28. The second-order valence-corrected chi connectivity index (χ2v) is 7.93. The Morgan fingerprint density at radius 2 is 1.95 bits per heavy atom. The molecule has 2 saturated heterocycles. The average molecular weight is 341 g/mol. The highest BCUT2D eigenvalue weighted by atomic mass is 35.5. The van der Waals surface area contributed by atoms with E-state index in [-0.39, 0.29) is 18.3 Å². The van der Waals surface area contributed by atoms with E-state index in [2.05, 4.69) is 16.3 Å². The number of amides is 1. The van der Waals surface area contributed by atoms with Crippen molar-refractivity contribution in [3.8, 4) is 0 Å². The molecule has 1 aliphatic carbocycles. The van der Waals surface area contributed by atoms with E-state index < -0.39 is 0 Å². The molecule has 2 bridgehead atoms. The monoisotopic (exact) mass is 340 g/mol. The molecule has 122 valence electrons. The van der Waals surface area contributed by atoms with Gasteiger partial charge in [-0.05, 0) is 56.6 Å². The first-order valence-electron chi connectivity index (χ1n) is 8.46. The number of hydrogen-bond donors (Lipinski definition) is 1. The highest BCUT2D eigenvalue weighted by Gasteiger charge is 2.32. The number of carbonyl (C=O) groups is 1. The molecule has 0 saturated carbocycles. The molecule has 2 unspecified atom stereocenters. The minimum Gasteiger partial charge on any atom is -0.336 e. The normalized spacial score (nSPS) is 27.5. The topological polar surface area (TPSA) is 32.3 Å². The summed E-state index contributed by atoms with van der Waals surface area (Å²) >= 11 is 1.77. The number of rotatable bonds is 1. The summed E-state index contributed by atoms with van der Waals surface area (Å²) in [6, 6.07) is 3.37. The predicted molar refractivity (Wildman–Crippen MR) is 93.3 cm³/mol. The molecular formula is C17H25ClN2OS. The minimum absolute atomic E-state index is 0. The summed E-state index contributed by atoms with van der Waals surface area (Å²) in [7, 11) is 0. The number of carbonyl (C=O) groups excluding carboxylic acids is 1. The molecule has 5 heteroatoms. The van der Waals surface area contributed by atoms with E-state index in [1.165, 1.54) is 55.4 Å². The number of thiophene rings is 1. The fourth-order valence-electron chi connectivity index (χ4n) is 4.06. The van der Waals surface area contributed by atoms with Gasteiger partial charge in [0.25, 0.3) is 5.91 Å². The Morgan fingerprint density at radius 1 is 1.14 bits per heavy atom. The third-order valence-corrected chi connectivity index (χ3v) is 6.49. The summed E-state index contributed by atoms with van der Waals surface area (Å²) in [6.07, 6.45) is 9.91. The molecule has 2 fully saturated rings. The first-order valence-corrected chi connectivity index (χ1v) is 9.28. The first-order chi connectivity index (χ1) is 10.3. The second-order valence-electron chi connectivity index (χ2n) is 6.80. The van der Waals surface area contributed by atoms with Gasteiger partial charge in [0.15, 0.2) is 0 Å². The van der Waals surface area contributed by atoms with Crippen LogP contribution >= 0.6 is 23.7 Å². The molecule has 1 aromatic rings. The van der Waals surface area contributed by atoms with Gasteiger partial charge >= 0.3 is 0 Å². The van der Waals surface area contributed by atoms with Gasteiger partial charge in [-0.25, -0.2) is 0 Å². The summed E-state index contributed by atoms with van der Waals surface area (Å²) in [6.45, 7) is 1.83. The van der Waals surface area contributed by atoms with E-state index in [1.54, 1.807) is 11.3 Å². The van der Waals surface area contributed by atoms with E-state index in [1.807, 2.05) is 0 Å². The highest BCUT2D eigenvalue weighted by molar-refractivity contribution is 7.14. The van der Waals surface area contributed by atoms with Gasteiger partial charge in [0.1, 0.15) is 0 Å². The summed E-state index contributed by atoms with van der Waals surface area (Å²) < 4.78 is 0. The molecule has 1 amide bonds. The van der Waals surface area contributed by atoms with Crippen LogP contribution in [0.15, 0.2) is 6.07 Å². The Labute approximate surface area is 142 Å². The third kappa shape index (κ3) is 3.19. The maximum Gasteiger partial charge on any atom is 0.263 e. The van der Waals surface area contributed by atoms with Gasteiger partial charge < -0.3 is 10.2 Å². The fraction of sp³-hybridized carbons (Fsp3) is 0.706. The van der Waals surface area contributed by atoms with Gasteiger partial charge in [0, 0.05) is 30.1 Å². The van der Waals surface area contributed by atoms with Crippen molar-refractivity contribution in [3.05, 3.63) is 21.4 Å². The largest absolute Gasteiger partial charge is 0.336 e. The summed E-state index contributed by atoms with van der Waals surface area (Å²) in [5.74, 6) is 0.280.